The summed E-state index contributed by atoms with van der Waals surface area (Å²) in [6, 6.07) is 20.0. The van der Waals surface area contributed by atoms with Gasteiger partial charge in [-0.2, -0.15) is 0 Å². The van der Waals surface area contributed by atoms with Gasteiger partial charge in [0.1, 0.15) is 0 Å². The number of carbonyl (C=O) groups excluding carboxylic acids is 1. The normalized spacial score (nSPS) is 18.5. The van der Waals surface area contributed by atoms with Crippen LogP contribution in [0.25, 0.3) is 0 Å². The van der Waals surface area contributed by atoms with Crippen molar-refractivity contribution in [2.24, 2.45) is 0 Å². The minimum absolute atomic E-state index is 0.102. The standard InChI is InChI=1S/C19H21NO2/c1-15-14-20(12-13-22-15)19(21)18(16-8-4-2-5-9-16)17-10-6-3-7-11-17/h2-11,15,18H,12-14H2,1H3. The molecule has 1 aliphatic rings. The lowest BCUT2D eigenvalue weighted by Crippen LogP contribution is -2.46. The molecule has 0 saturated carbocycles. The van der Waals surface area contributed by atoms with E-state index in [9.17, 15) is 4.79 Å². The van der Waals surface area contributed by atoms with Gasteiger partial charge in [-0.25, -0.2) is 0 Å². The van der Waals surface area contributed by atoms with E-state index in [1.807, 2.05) is 72.5 Å². The number of hydrogen-bond acceptors (Lipinski definition) is 2. The first kappa shape index (κ1) is 14.8. The third-order valence-corrected chi connectivity index (χ3v) is 4.07. The molecule has 3 nitrogen and oxygen atoms in total. The highest BCUT2D eigenvalue weighted by Crippen LogP contribution is 2.27. The first-order valence-electron chi connectivity index (χ1n) is 7.76. The van der Waals surface area contributed by atoms with Crippen molar-refractivity contribution >= 4 is 5.91 Å². The van der Waals surface area contributed by atoms with Gasteiger partial charge in [-0.3, -0.25) is 4.79 Å². The Bertz CT molecular complexity index is 572. The molecule has 2 aromatic rings. The van der Waals surface area contributed by atoms with Crippen LogP contribution in [0.3, 0.4) is 0 Å². The molecule has 1 aliphatic heterocycles. The van der Waals surface area contributed by atoms with Crippen molar-refractivity contribution < 1.29 is 9.53 Å². The molecule has 3 heteroatoms. The lowest BCUT2D eigenvalue weighted by Gasteiger charge is -2.34. The monoisotopic (exact) mass is 295 g/mol. The van der Waals surface area contributed by atoms with Crippen molar-refractivity contribution in [2.45, 2.75) is 18.9 Å². The molecule has 1 saturated heterocycles. The molecule has 2 aromatic carbocycles. The number of rotatable bonds is 3. The summed E-state index contributed by atoms with van der Waals surface area (Å²) >= 11 is 0. The fourth-order valence-electron chi connectivity index (χ4n) is 2.97. The number of amides is 1. The van der Waals surface area contributed by atoms with Crippen molar-refractivity contribution in [2.75, 3.05) is 19.7 Å². The van der Waals surface area contributed by atoms with Crippen LogP contribution in [0, 0.1) is 0 Å². The molecule has 3 rings (SSSR count). The van der Waals surface area contributed by atoms with E-state index in [1.54, 1.807) is 0 Å². The molecule has 0 radical (unpaired) electrons. The topological polar surface area (TPSA) is 29.5 Å². The maximum absolute atomic E-state index is 13.1. The Morgan fingerprint density at radius 1 is 1.05 bits per heavy atom. The van der Waals surface area contributed by atoms with E-state index in [4.69, 9.17) is 4.74 Å². The van der Waals surface area contributed by atoms with E-state index < -0.39 is 0 Å². The molecule has 114 valence electrons. The van der Waals surface area contributed by atoms with Crippen molar-refractivity contribution in [3.63, 3.8) is 0 Å². The van der Waals surface area contributed by atoms with Crippen LogP contribution in [-0.4, -0.2) is 36.6 Å². The van der Waals surface area contributed by atoms with Crippen LogP contribution >= 0.6 is 0 Å². The lowest BCUT2D eigenvalue weighted by atomic mass is 9.90. The molecule has 1 atom stereocenters. The van der Waals surface area contributed by atoms with Crippen LogP contribution in [-0.2, 0) is 9.53 Å². The average Bonchev–Trinajstić information content (AvgIpc) is 2.57. The molecule has 1 heterocycles. The Balaban J connectivity index is 1.93. The number of hydrogen-bond donors (Lipinski definition) is 0. The Morgan fingerprint density at radius 3 is 2.09 bits per heavy atom. The Labute approximate surface area is 131 Å². The quantitative estimate of drug-likeness (QED) is 0.871. The van der Waals surface area contributed by atoms with E-state index in [-0.39, 0.29) is 17.9 Å². The Hall–Kier alpha value is -2.13. The summed E-state index contributed by atoms with van der Waals surface area (Å²) in [7, 11) is 0. The number of nitrogens with zero attached hydrogens (tertiary/aromatic N) is 1. The highest BCUT2D eigenvalue weighted by molar-refractivity contribution is 5.87. The second-order valence-corrected chi connectivity index (χ2v) is 5.72. The molecular weight excluding hydrogens is 274 g/mol. The molecule has 1 fully saturated rings. The summed E-state index contributed by atoms with van der Waals surface area (Å²) in [5.74, 6) is -0.0831. The fourth-order valence-corrected chi connectivity index (χ4v) is 2.97. The lowest BCUT2D eigenvalue weighted by molar-refractivity contribution is -0.138. The van der Waals surface area contributed by atoms with Crippen molar-refractivity contribution in [3.05, 3.63) is 71.8 Å². The Morgan fingerprint density at radius 2 is 1.59 bits per heavy atom. The molecule has 0 spiro atoms. The van der Waals surface area contributed by atoms with E-state index in [0.717, 1.165) is 11.1 Å². The van der Waals surface area contributed by atoms with Crippen LogP contribution in [0.1, 0.15) is 24.0 Å². The van der Waals surface area contributed by atoms with E-state index in [2.05, 4.69) is 0 Å². The van der Waals surface area contributed by atoms with E-state index in [0.29, 0.717) is 19.7 Å². The molecule has 1 unspecified atom stereocenters. The second-order valence-electron chi connectivity index (χ2n) is 5.72. The molecule has 1 amide bonds. The van der Waals surface area contributed by atoms with Crippen LogP contribution < -0.4 is 0 Å². The summed E-state index contributed by atoms with van der Waals surface area (Å²) in [4.78, 5) is 15.0. The molecule has 0 aliphatic carbocycles. The predicted octanol–water partition coefficient (Wildman–Crippen LogP) is 3.07. The first-order chi connectivity index (χ1) is 10.8. The number of carbonyl (C=O) groups is 1. The zero-order valence-corrected chi connectivity index (χ0v) is 12.8. The van der Waals surface area contributed by atoms with Crippen molar-refractivity contribution in [1.82, 2.24) is 4.90 Å². The van der Waals surface area contributed by atoms with Gasteiger partial charge in [0.15, 0.2) is 0 Å². The average molecular weight is 295 g/mol. The van der Waals surface area contributed by atoms with Gasteiger partial charge in [0.2, 0.25) is 5.91 Å². The minimum atomic E-state index is -0.243. The molecule has 22 heavy (non-hydrogen) atoms. The van der Waals surface area contributed by atoms with E-state index >= 15 is 0 Å². The van der Waals surface area contributed by atoms with Crippen LogP contribution in [0.4, 0.5) is 0 Å². The maximum Gasteiger partial charge on any atom is 0.234 e. The summed E-state index contributed by atoms with van der Waals surface area (Å²) in [5.41, 5.74) is 2.08. The number of morpholine rings is 1. The van der Waals surface area contributed by atoms with Gasteiger partial charge in [-0.05, 0) is 18.1 Å². The van der Waals surface area contributed by atoms with Crippen LogP contribution in [0.15, 0.2) is 60.7 Å². The minimum Gasteiger partial charge on any atom is -0.375 e. The summed E-state index contributed by atoms with van der Waals surface area (Å²) in [5, 5.41) is 0. The van der Waals surface area contributed by atoms with Gasteiger partial charge >= 0.3 is 0 Å². The predicted molar refractivity (Wildman–Crippen MR) is 86.7 cm³/mol. The van der Waals surface area contributed by atoms with E-state index in [1.165, 1.54) is 0 Å². The first-order valence-corrected chi connectivity index (χ1v) is 7.76. The summed E-state index contributed by atoms with van der Waals surface area (Å²) in [6.07, 6.45) is 0.102. The maximum atomic E-state index is 13.1. The van der Waals surface area contributed by atoms with Crippen LogP contribution in [0.5, 0.6) is 0 Å². The van der Waals surface area contributed by atoms with Crippen molar-refractivity contribution in [1.29, 1.82) is 0 Å². The smallest absolute Gasteiger partial charge is 0.234 e. The molecule has 0 aromatic heterocycles. The summed E-state index contributed by atoms with van der Waals surface area (Å²) in [6.45, 7) is 3.96. The van der Waals surface area contributed by atoms with Gasteiger partial charge in [0.25, 0.3) is 0 Å². The third kappa shape index (κ3) is 3.20. The summed E-state index contributed by atoms with van der Waals surface area (Å²) < 4.78 is 5.56. The molecular formula is C19H21NO2. The SMILES string of the molecule is CC1CN(C(=O)C(c2ccccc2)c2ccccc2)CCO1. The number of benzene rings is 2. The Kier molecular flexibility index (Phi) is 4.54. The zero-order valence-electron chi connectivity index (χ0n) is 12.8. The molecule has 0 N–H and O–H groups in total. The largest absolute Gasteiger partial charge is 0.375 e. The molecule has 0 bridgehead atoms. The van der Waals surface area contributed by atoms with Crippen molar-refractivity contribution in [3.8, 4) is 0 Å². The van der Waals surface area contributed by atoms with Crippen LogP contribution in [0.2, 0.25) is 0 Å². The third-order valence-electron chi connectivity index (χ3n) is 4.07. The van der Waals surface area contributed by atoms with Gasteiger partial charge in [0, 0.05) is 13.1 Å². The second kappa shape index (κ2) is 6.75. The highest BCUT2D eigenvalue weighted by atomic mass is 16.5. The highest BCUT2D eigenvalue weighted by Gasteiger charge is 2.30. The number of ether oxygens (including phenoxy) is 1. The fraction of sp³-hybridized carbons (Fsp3) is 0.316. The van der Waals surface area contributed by atoms with Gasteiger partial charge in [-0.15, -0.1) is 0 Å². The van der Waals surface area contributed by atoms with Gasteiger partial charge in [0.05, 0.1) is 18.6 Å². The zero-order chi connectivity index (χ0) is 15.4. The van der Waals surface area contributed by atoms with Gasteiger partial charge < -0.3 is 9.64 Å². The van der Waals surface area contributed by atoms with Gasteiger partial charge in [-0.1, -0.05) is 60.7 Å².